The topological polar surface area (TPSA) is 69.6 Å². The van der Waals surface area contributed by atoms with Crippen molar-refractivity contribution in [3.8, 4) is 11.4 Å². The molecule has 5 nitrogen and oxygen atoms in total. The molecule has 0 saturated carbocycles. The van der Waals surface area contributed by atoms with E-state index in [2.05, 4.69) is 36.3 Å². The normalized spacial score (nSPS) is 13.5. The number of hydrogen-bond acceptors (Lipinski definition) is 4. The Morgan fingerprint density at radius 1 is 1.30 bits per heavy atom. The minimum atomic E-state index is -0.337. The summed E-state index contributed by atoms with van der Waals surface area (Å²) in [6.45, 7) is 9.95. The standard InChI is InChI=1S/C14H20FN5/c1-8-6-10(16)7-11(12(8)15)13-17-18-19-20(13)9(2)14(3,4)5/h6-7,9H,16H2,1-5H3. The molecule has 1 aromatic carbocycles. The molecule has 0 aliphatic heterocycles. The molecule has 20 heavy (non-hydrogen) atoms. The molecule has 6 heteroatoms. The lowest BCUT2D eigenvalue weighted by Gasteiger charge is -2.27. The molecule has 2 aromatic rings. The van der Waals surface area contributed by atoms with Crippen molar-refractivity contribution in [1.29, 1.82) is 0 Å². The quantitative estimate of drug-likeness (QED) is 0.857. The summed E-state index contributed by atoms with van der Waals surface area (Å²) in [4.78, 5) is 0. The van der Waals surface area contributed by atoms with Crippen LogP contribution in [0, 0.1) is 18.2 Å². The monoisotopic (exact) mass is 277 g/mol. The number of hydrogen-bond donors (Lipinski definition) is 1. The third-order valence-corrected chi connectivity index (χ3v) is 3.63. The summed E-state index contributed by atoms with van der Waals surface area (Å²) in [5.41, 5.74) is 7.07. The predicted molar refractivity (Wildman–Crippen MR) is 76.5 cm³/mol. The van der Waals surface area contributed by atoms with Crippen LogP contribution in [0.4, 0.5) is 10.1 Å². The summed E-state index contributed by atoms with van der Waals surface area (Å²) >= 11 is 0. The molecule has 0 fully saturated rings. The largest absolute Gasteiger partial charge is 0.399 e. The molecule has 0 aliphatic rings. The first-order valence-corrected chi connectivity index (χ1v) is 6.55. The van der Waals surface area contributed by atoms with Gasteiger partial charge in [0.25, 0.3) is 0 Å². The van der Waals surface area contributed by atoms with Gasteiger partial charge in [0.05, 0.1) is 11.6 Å². The molecule has 0 aliphatic carbocycles. The second-order valence-corrected chi connectivity index (χ2v) is 6.19. The summed E-state index contributed by atoms with van der Waals surface area (Å²) in [5.74, 6) is 0.0664. The smallest absolute Gasteiger partial charge is 0.185 e. The zero-order valence-corrected chi connectivity index (χ0v) is 12.5. The summed E-state index contributed by atoms with van der Waals surface area (Å²) in [7, 11) is 0. The highest BCUT2D eigenvalue weighted by Gasteiger charge is 2.27. The van der Waals surface area contributed by atoms with Gasteiger partial charge in [0.2, 0.25) is 0 Å². The third-order valence-electron chi connectivity index (χ3n) is 3.63. The second kappa shape index (κ2) is 4.85. The fraction of sp³-hybridized carbons (Fsp3) is 0.500. The van der Waals surface area contributed by atoms with Gasteiger partial charge in [-0.25, -0.2) is 9.07 Å². The van der Waals surface area contributed by atoms with Crippen LogP contribution >= 0.6 is 0 Å². The zero-order chi connectivity index (χ0) is 15.1. The molecule has 2 N–H and O–H groups in total. The average Bonchev–Trinajstić information content (AvgIpc) is 2.80. The SMILES string of the molecule is Cc1cc(N)cc(-c2nnnn2C(C)C(C)(C)C)c1F. The van der Waals surface area contributed by atoms with E-state index in [9.17, 15) is 4.39 Å². The number of tetrazole rings is 1. The van der Waals surface area contributed by atoms with Gasteiger partial charge in [-0.3, -0.25) is 0 Å². The fourth-order valence-electron chi connectivity index (χ4n) is 1.96. The van der Waals surface area contributed by atoms with E-state index >= 15 is 0 Å². The van der Waals surface area contributed by atoms with E-state index < -0.39 is 0 Å². The third kappa shape index (κ3) is 2.50. The van der Waals surface area contributed by atoms with Crippen molar-refractivity contribution < 1.29 is 4.39 Å². The summed E-state index contributed by atoms with van der Waals surface area (Å²) in [6.07, 6.45) is 0. The minimum absolute atomic E-state index is 0.0219. The highest BCUT2D eigenvalue weighted by atomic mass is 19.1. The number of benzene rings is 1. The molecule has 1 aromatic heterocycles. The van der Waals surface area contributed by atoms with E-state index in [0.717, 1.165) is 0 Å². The fourth-order valence-corrected chi connectivity index (χ4v) is 1.96. The highest BCUT2D eigenvalue weighted by molar-refractivity contribution is 5.63. The molecular formula is C14H20FN5. The van der Waals surface area contributed by atoms with E-state index in [1.807, 2.05) is 6.92 Å². The number of halogens is 1. The van der Waals surface area contributed by atoms with E-state index in [0.29, 0.717) is 22.6 Å². The molecule has 1 unspecified atom stereocenters. The van der Waals surface area contributed by atoms with Crippen LogP contribution < -0.4 is 5.73 Å². The summed E-state index contributed by atoms with van der Waals surface area (Å²) in [5, 5.41) is 11.7. The highest BCUT2D eigenvalue weighted by Crippen LogP contribution is 2.33. The summed E-state index contributed by atoms with van der Waals surface area (Å²) in [6, 6.07) is 3.19. The van der Waals surface area contributed by atoms with Crippen LogP contribution in [-0.4, -0.2) is 20.2 Å². The molecule has 0 amide bonds. The lowest BCUT2D eigenvalue weighted by Crippen LogP contribution is -2.23. The maximum atomic E-state index is 14.3. The molecule has 0 radical (unpaired) electrons. The van der Waals surface area contributed by atoms with Gasteiger partial charge in [0.1, 0.15) is 5.82 Å². The molecule has 0 saturated heterocycles. The van der Waals surface area contributed by atoms with Crippen molar-refractivity contribution >= 4 is 5.69 Å². The van der Waals surface area contributed by atoms with Crippen molar-refractivity contribution in [1.82, 2.24) is 20.2 Å². The number of nitrogen functional groups attached to an aromatic ring is 1. The number of nitrogens with zero attached hydrogens (tertiary/aromatic N) is 4. The second-order valence-electron chi connectivity index (χ2n) is 6.19. The van der Waals surface area contributed by atoms with Gasteiger partial charge < -0.3 is 5.73 Å². The van der Waals surface area contributed by atoms with E-state index in [1.54, 1.807) is 23.7 Å². The van der Waals surface area contributed by atoms with Crippen molar-refractivity contribution in [3.63, 3.8) is 0 Å². The number of anilines is 1. The van der Waals surface area contributed by atoms with Crippen molar-refractivity contribution in [2.24, 2.45) is 5.41 Å². The molecule has 2 rings (SSSR count). The Kier molecular flexibility index (Phi) is 3.50. The first-order valence-electron chi connectivity index (χ1n) is 6.55. The van der Waals surface area contributed by atoms with E-state index in [4.69, 9.17) is 5.73 Å². The first-order chi connectivity index (χ1) is 9.21. The van der Waals surface area contributed by atoms with Gasteiger partial charge in [-0.1, -0.05) is 20.8 Å². The Morgan fingerprint density at radius 3 is 2.55 bits per heavy atom. The number of nitrogens with two attached hydrogens (primary N) is 1. The Labute approximate surface area is 118 Å². The van der Waals surface area contributed by atoms with Crippen LogP contribution in [0.1, 0.15) is 39.3 Å². The van der Waals surface area contributed by atoms with Crippen LogP contribution in [-0.2, 0) is 0 Å². The Bertz CT molecular complexity index is 627. The average molecular weight is 277 g/mol. The molecule has 1 atom stereocenters. The minimum Gasteiger partial charge on any atom is -0.399 e. The maximum absolute atomic E-state index is 14.3. The van der Waals surface area contributed by atoms with Gasteiger partial charge in [0, 0.05) is 5.69 Å². The van der Waals surface area contributed by atoms with Crippen molar-refractivity contribution in [2.45, 2.75) is 40.7 Å². The predicted octanol–water partition coefficient (Wildman–Crippen LogP) is 2.98. The molecule has 1 heterocycles. The van der Waals surface area contributed by atoms with Gasteiger partial charge >= 0.3 is 0 Å². The van der Waals surface area contributed by atoms with Gasteiger partial charge in [-0.05, 0) is 47.4 Å². The van der Waals surface area contributed by atoms with Crippen molar-refractivity contribution in [2.75, 3.05) is 5.73 Å². The number of rotatable bonds is 2. The number of aromatic nitrogens is 4. The number of aryl methyl sites for hydroxylation is 1. The lowest BCUT2D eigenvalue weighted by atomic mass is 9.88. The van der Waals surface area contributed by atoms with E-state index in [1.165, 1.54) is 0 Å². The van der Waals surface area contributed by atoms with Gasteiger partial charge in [-0.2, -0.15) is 0 Å². The van der Waals surface area contributed by atoms with Gasteiger partial charge in [-0.15, -0.1) is 5.10 Å². The van der Waals surface area contributed by atoms with Crippen LogP contribution in [0.25, 0.3) is 11.4 Å². The Morgan fingerprint density at radius 2 is 1.95 bits per heavy atom. The Balaban J connectivity index is 2.59. The van der Waals surface area contributed by atoms with Crippen LogP contribution in [0.2, 0.25) is 0 Å². The zero-order valence-electron chi connectivity index (χ0n) is 12.5. The maximum Gasteiger partial charge on any atom is 0.185 e. The summed E-state index contributed by atoms with van der Waals surface area (Å²) < 4.78 is 16.0. The molecule has 0 bridgehead atoms. The van der Waals surface area contributed by atoms with Gasteiger partial charge in [0.15, 0.2) is 5.82 Å². The van der Waals surface area contributed by atoms with Crippen LogP contribution in [0.5, 0.6) is 0 Å². The molecule has 108 valence electrons. The van der Waals surface area contributed by atoms with Crippen molar-refractivity contribution in [3.05, 3.63) is 23.5 Å². The Hall–Kier alpha value is -1.98. The molecular weight excluding hydrogens is 257 g/mol. The van der Waals surface area contributed by atoms with E-state index in [-0.39, 0.29) is 17.3 Å². The lowest BCUT2D eigenvalue weighted by molar-refractivity contribution is 0.243. The van der Waals surface area contributed by atoms with Crippen LogP contribution in [0.15, 0.2) is 12.1 Å². The first kappa shape index (κ1) is 14.4. The molecule has 0 spiro atoms. The van der Waals surface area contributed by atoms with Crippen LogP contribution in [0.3, 0.4) is 0 Å².